The molecule has 3 aromatic carbocycles. The summed E-state index contributed by atoms with van der Waals surface area (Å²) in [4.78, 5) is 71.1. The summed E-state index contributed by atoms with van der Waals surface area (Å²) in [6, 6.07) is 14.0. The Kier molecular flexibility index (Phi) is 10.6. The Morgan fingerprint density at radius 3 is 2.43 bits per heavy atom. The van der Waals surface area contributed by atoms with Crippen LogP contribution in [0.25, 0.3) is 0 Å². The van der Waals surface area contributed by atoms with E-state index < -0.39 is 11.9 Å². The summed E-state index contributed by atoms with van der Waals surface area (Å²) in [5.74, 6) is -1.27. The van der Waals surface area contributed by atoms with Gasteiger partial charge in [0, 0.05) is 94.6 Å². The Morgan fingerprint density at radius 1 is 0.889 bits per heavy atom. The van der Waals surface area contributed by atoms with Crippen LogP contribution in [0, 0.1) is 0 Å². The van der Waals surface area contributed by atoms with E-state index in [4.69, 9.17) is 0 Å². The molecule has 2 fully saturated rings. The van der Waals surface area contributed by atoms with E-state index in [0.717, 1.165) is 60.4 Å². The second kappa shape index (κ2) is 15.5. The van der Waals surface area contributed by atoms with Crippen LogP contribution in [-0.4, -0.2) is 98.1 Å². The Labute approximate surface area is 314 Å². The minimum atomic E-state index is -0.651. The lowest BCUT2D eigenvalue weighted by molar-refractivity contribution is -0.137. The Morgan fingerprint density at radius 2 is 1.67 bits per heavy atom. The van der Waals surface area contributed by atoms with Crippen LogP contribution < -0.4 is 10.6 Å². The number of carbonyl (C=O) groups is 5. The number of nitrogens with one attached hydrogen (secondary N) is 2. The average Bonchev–Trinajstić information content (AvgIpc) is 3.72. The number of nitrogens with zero attached hydrogens (tertiary/aromatic N) is 4. The summed E-state index contributed by atoms with van der Waals surface area (Å²) >= 11 is 0. The molecule has 54 heavy (non-hydrogen) atoms. The molecule has 4 N–H and O–H groups in total. The van der Waals surface area contributed by atoms with Gasteiger partial charge in [0.05, 0.1) is 5.56 Å². The van der Waals surface area contributed by atoms with E-state index in [9.17, 15) is 34.2 Å². The fourth-order valence-corrected chi connectivity index (χ4v) is 8.04. The molecule has 2 saturated heterocycles. The van der Waals surface area contributed by atoms with E-state index in [0.29, 0.717) is 63.2 Å². The molecule has 284 valence electrons. The van der Waals surface area contributed by atoms with Gasteiger partial charge in [-0.2, -0.15) is 0 Å². The normalized spacial score (nSPS) is 18.6. The van der Waals surface area contributed by atoms with Gasteiger partial charge in [-0.05, 0) is 65.6 Å². The molecule has 0 aliphatic carbocycles. The first kappa shape index (κ1) is 36.9. The number of unbranched alkanes of at least 4 members (excludes halogenated alkanes) is 1. The number of piperazine rings is 1. The van der Waals surface area contributed by atoms with Crippen molar-refractivity contribution in [3.8, 4) is 11.5 Å². The highest BCUT2D eigenvalue weighted by atomic mass is 16.3. The molecule has 0 saturated carbocycles. The van der Waals surface area contributed by atoms with Gasteiger partial charge in [-0.25, -0.2) is 0 Å². The Hall–Kier alpha value is -5.43. The quantitative estimate of drug-likeness (QED) is 0.168. The Bertz CT molecular complexity index is 1990. The van der Waals surface area contributed by atoms with Gasteiger partial charge >= 0.3 is 0 Å². The molecule has 13 nitrogen and oxygen atoms in total. The zero-order valence-electron chi connectivity index (χ0n) is 30.9. The number of rotatable bonds is 11. The maximum absolute atomic E-state index is 13.4. The number of benzene rings is 3. The molecular formula is C41H48N6O7. The molecule has 0 bridgehead atoms. The standard InChI is InChI=1S/C41H48N6O7/c1-25(2)30-19-31(36(49)20-35(30)48)40(53)46-22-27-10-9-26(18-28(27)23-46)21-44-14-16-45(17-15-44)38(51)8-3-4-13-42-33-7-5-6-29-32(33)24-47(41(29)54)34-11-12-37(50)43-39(34)52/h5-7,9-10,18-20,25,34,42,48-49H,3-4,8,11-17,21-24H2,1-2H3,(H,43,50,52). The highest BCUT2D eigenvalue weighted by molar-refractivity contribution is 6.06. The van der Waals surface area contributed by atoms with Crippen molar-refractivity contribution in [2.45, 2.75) is 84.1 Å². The van der Waals surface area contributed by atoms with Crippen LogP contribution in [0.3, 0.4) is 0 Å². The van der Waals surface area contributed by atoms with E-state index in [1.807, 2.05) is 30.9 Å². The smallest absolute Gasteiger partial charge is 0.258 e. The molecule has 7 rings (SSSR count). The number of fused-ring (bicyclic) bond motifs is 2. The third kappa shape index (κ3) is 7.63. The minimum Gasteiger partial charge on any atom is -0.508 e. The highest BCUT2D eigenvalue weighted by Gasteiger charge is 2.40. The van der Waals surface area contributed by atoms with Gasteiger partial charge in [-0.3, -0.25) is 34.2 Å². The van der Waals surface area contributed by atoms with Crippen LogP contribution in [0.2, 0.25) is 0 Å². The van der Waals surface area contributed by atoms with Crippen LogP contribution in [-0.2, 0) is 40.6 Å². The van der Waals surface area contributed by atoms with Crippen LogP contribution in [0.1, 0.15) is 100 Å². The van der Waals surface area contributed by atoms with Crippen molar-refractivity contribution in [2.75, 3.05) is 38.0 Å². The van der Waals surface area contributed by atoms with Crippen molar-refractivity contribution < 1.29 is 34.2 Å². The summed E-state index contributed by atoms with van der Waals surface area (Å²) in [5.41, 5.74) is 6.42. The molecule has 0 spiro atoms. The van der Waals surface area contributed by atoms with Crippen molar-refractivity contribution >= 4 is 35.2 Å². The lowest BCUT2D eigenvalue weighted by Crippen LogP contribution is -2.52. The number of imide groups is 1. The van der Waals surface area contributed by atoms with Crippen molar-refractivity contribution in [1.82, 2.24) is 24.9 Å². The molecule has 1 unspecified atom stereocenters. The van der Waals surface area contributed by atoms with Gasteiger partial charge < -0.3 is 30.2 Å². The largest absolute Gasteiger partial charge is 0.508 e. The van der Waals surface area contributed by atoms with Gasteiger partial charge in [0.15, 0.2) is 0 Å². The van der Waals surface area contributed by atoms with E-state index >= 15 is 0 Å². The summed E-state index contributed by atoms with van der Waals surface area (Å²) in [6.07, 6.45) is 2.54. The van der Waals surface area contributed by atoms with Crippen molar-refractivity contribution in [2.24, 2.45) is 0 Å². The predicted octanol–water partition coefficient (Wildman–Crippen LogP) is 4.06. The molecule has 4 aliphatic rings. The van der Waals surface area contributed by atoms with E-state index in [-0.39, 0.29) is 53.0 Å². The van der Waals surface area contributed by atoms with Crippen LogP contribution in [0.5, 0.6) is 11.5 Å². The van der Waals surface area contributed by atoms with Crippen molar-refractivity contribution in [1.29, 1.82) is 0 Å². The summed E-state index contributed by atoms with van der Waals surface area (Å²) in [5, 5.41) is 26.4. The SMILES string of the molecule is CC(C)c1cc(C(=O)N2Cc3ccc(CN4CCN(C(=O)CCCCNc5cccc6c5CN(C5CCC(=O)NC5=O)C6=O)CC4)cc3C2)c(O)cc1O. The average molecular weight is 737 g/mol. The molecule has 4 aliphatic heterocycles. The molecule has 4 heterocycles. The van der Waals surface area contributed by atoms with Crippen LogP contribution >= 0.6 is 0 Å². The number of hydrogen-bond acceptors (Lipinski definition) is 9. The van der Waals surface area contributed by atoms with Gasteiger partial charge in [0.2, 0.25) is 17.7 Å². The first-order valence-corrected chi connectivity index (χ1v) is 18.9. The first-order chi connectivity index (χ1) is 26.0. The molecular weight excluding hydrogens is 688 g/mol. The highest BCUT2D eigenvalue weighted by Crippen LogP contribution is 2.35. The third-order valence-electron chi connectivity index (χ3n) is 11.1. The van der Waals surface area contributed by atoms with Crippen molar-refractivity contribution in [3.05, 3.63) is 87.5 Å². The molecule has 5 amide bonds. The fraction of sp³-hybridized carbons (Fsp3) is 0.439. The van der Waals surface area contributed by atoms with E-state index in [1.165, 1.54) is 6.07 Å². The maximum Gasteiger partial charge on any atom is 0.258 e. The fourth-order valence-electron chi connectivity index (χ4n) is 8.04. The summed E-state index contributed by atoms with van der Waals surface area (Å²) < 4.78 is 0. The first-order valence-electron chi connectivity index (χ1n) is 18.9. The lowest BCUT2D eigenvalue weighted by atomic mass is 9.98. The number of amides is 5. The maximum atomic E-state index is 13.4. The number of phenols is 2. The number of hydrogen-bond donors (Lipinski definition) is 4. The van der Waals surface area contributed by atoms with E-state index in [1.54, 1.807) is 21.9 Å². The van der Waals surface area contributed by atoms with Gasteiger partial charge in [0.25, 0.3) is 11.8 Å². The number of phenolic OH excluding ortho intramolecular Hbond substituents is 2. The summed E-state index contributed by atoms with van der Waals surface area (Å²) in [7, 11) is 0. The zero-order chi connectivity index (χ0) is 38.1. The second-order valence-electron chi connectivity index (χ2n) is 15.1. The minimum absolute atomic E-state index is 0.00536. The van der Waals surface area contributed by atoms with Crippen molar-refractivity contribution in [3.63, 3.8) is 0 Å². The second-order valence-corrected chi connectivity index (χ2v) is 15.1. The summed E-state index contributed by atoms with van der Waals surface area (Å²) in [6.45, 7) is 9.39. The van der Waals surface area contributed by atoms with Crippen LogP contribution in [0.15, 0.2) is 48.5 Å². The number of carbonyl (C=O) groups excluding carboxylic acids is 5. The van der Waals surface area contributed by atoms with E-state index in [2.05, 4.69) is 33.7 Å². The zero-order valence-corrected chi connectivity index (χ0v) is 30.9. The Balaban J connectivity index is 0.832. The van der Waals surface area contributed by atoms with Crippen LogP contribution in [0.4, 0.5) is 5.69 Å². The number of aromatic hydroxyl groups is 2. The number of piperidine rings is 1. The molecule has 0 aromatic heterocycles. The molecule has 3 aromatic rings. The third-order valence-corrected chi connectivity index (χ3v) is 11.1. The molecule has 13 heteroatoms. The monoisotopic (exact) mass is 736 g/mol. The topological polar surface area (TPSA) is 163 Å². The van der Waals surface area contributed by atoms with Gasteiger partial charge in [-0.1, -0.05) is 38.1 Å². The molecule has 1 atom stereocenters. The molecule has 0 radical (unpaired) electrons. The number of anilines is 1. The predicted molar refractivity (Wildman–Crippen MR) is 201 cm³/mol. The van der Waals surface area contributed by atoms with Gasteiger partial charge in [0.1, 0.15) is 17.5 Å². The van der Waals surface area contributed by atoms with Gasteiger partial charge in [-0.15, -0.1) is 0 Å². The lowest BCUT2D eigenvalue weighted by Gasteiger charge is -2.35.